The van der Waals surface area contributed by atoms with Crippen molar-refractivity contribution < 1.29 is 0 Å². The molecule has 0 bridgehead atoms. The highest BCUT2D eigenvalue weighted by molar-refractivity contribution is 9.50. The predicted octanol–water partition coefficient (Wildman–Crippen LogP) is 5.65. The minimum atomic E-state index is 0.459. The van der Waals surface area contributed by atoms with Crippen molar-refractivity contribution in [2.75, 3.05) is 5.32 Å². The molecular weight excluding hydrogens is 366 g/mol. The first-order chi connectivity index (χ1) is 9.90. The van der Waals surface area contributed by atoms with E-state index in [1.807, 2.05) is 19.9 Å². The molecule has 1 heterocycles. The third kappa shape index (κ3) is 4.14. The molecule has 0 atom stereocenters. The number of nitrogens with one attached hydrogen (secondary N) is 1. The van der Waals surface area contributed by atoms with Crippen LogP contribution in [0.3, 0.4) is 0 Å². The van der Waals surface area contributed by atoms with Crippen LogP contribution in [0, 0.1) is 13.8 Å². The normalized spacial score (nSPS) is 11.0. The Balaban J connectivity index is 2.43. The fraction of sp³-hybridized carbons (Fsp3) is 0.333. The van der Waals surface area contributed by atoms with Crippen LogP contribution >= 0.6 is 37.6 Å². The van der Waals surface area contributed by atoms with Crippen LogP contribution in [0.2, 0.25) is 0 Å². The molecule has 0 aliphatic carbocycles. The quantitative estimate of drug-likeness (QED) is 0.668. The van der Waals surface area contributed by atoms with Crippen molar-refractivity contribution in [3.8, 4) is 0 Å². The van der Waals surface area contributed by atoms with Gasteiger partial charge in [-0.1, -0.05) is 13.8 Å². The van der Waals surface area contributed by atoms with E-state index in [0.717, 1.165) is 26.9 Å². The third-order valence-corrected chi connectivity index (χ3v) is 4.96. The molecule has 0 spiro atoms. The first kappa shape index (κ1) is 16.6. The van der Waals surface area contributed by atoms with E-state index in [1.54, 1.807) is 0 Å². The van der Waals surface area contributed by atoms with Crippen LogP contribution in [-0.2, 0) is 0 Å². The molecule has 1 aromatic carbocycles. The maximum atomic E-state index is 4.62. The van der Waals surface area contributed by atoms with Crippen molar-refractivity contribution in [1.29, 1.82) is 0 Å². The number of nitrogens with zero attached hydrogens (tertiary/aromatic N) is 2. The second kappa shape index (κ2) is 7.03. The lowest BCUT2D eigenvalue weighted by molar-refractivity contribution is 0.857. The van der Waals surface area contributed by atoms with Crippen LogP contribution in [-0.4, -0.2) is 9.97 Å². The SMILES string of the molecule is Cc1cc(C)nc(Nc2c(S)cc(C(C)C)cc2SBr)n1. The number of thiol groups is 1. The number of rotatable bonds is 4. The molecule has 1 N–H and O–H groups in total. The van der Waals surface area contributed by atoms with Crippen LogP contribution in [0.15, 0.2) is 28.0 Å². The molecule has 1 aromatic heterocycles. The maximum absolute atomic E-state index is 4.62. The first-order valence-electron chi connectivity index (χ1n) is 6.65. The summed E-state index contributed by atoms with van der Waals surface area (Å²) in [4.78, 5) is 10.8. The topological polar surface area (TPSA) is 37.8 Å². The molecule has 0 fully saturated rings. The maximum Gasteiger partial charge on any atom is 0.227 e. The Morgan fingerprint density at radius 2 is 1.76 bits per heavy atom. The van der Waals surface area contributed by atoms with Crippen LogP contribution in [0.5, 0.6) is 0 Å². The number of aromatic nitrogens is 2. The second-order valence-corrected chi connectivity index (χ2v) is 7.29. The zero-order valence-electron chi connectivity index (χ0n) is 12.4. The van der Waals surface area contributed by atoms with E-state index >= 15 is 0 Å². The van der Waals surface area contributed by atoms with Crippen LogP contribution in [0.1, 0.15) is 36.7 Å². The highest BCUT2D eigenvalue weighted by atomic mass is 79.9. The molecular formula is C15H18BrN3S2. The standard InChI is InChI=1S/C15H18BrN3S2/c1-8(2)11-6-12(20)14(13(7-11)21-16)19-15-17-9(3)5-10(4)18-15/h5-8,20H,1-4H3,(H,17,18,19). The number of aryl methyl sites for hydroxylation is 2. The Morgan fingerprint density at radius 3 is 2.29 bits per heavy atom. The third-order valence-electron chi connectivity index (χ3n) is 3.07. The van der Waals surface area contributed by atoms with Gasteiger partial charge in [0.15, 0.2) is 0 Å². The number of benzene rings is 1. The largest absolute Gasteiger partial charge is 0.322 e. The fourth-order valence-electron chi connectivity index (χ4n) is 2.03. The number of hydrogen-bond acceptors (Lipinski definition) is 5. The monoisotopic (exact) mass is 383 g/mol. The van der Waals surface area contributed by atoms with Gasteiger partial charge in [-0.2, -0.15) is 0 Å². The van der Waals surface area contributed by atoms with Gasteiger partial charge in [0.05, 0.1) is 5.69 Å². The van der Waals surface area contributed by atoms with E-state index in [9.17, 15) is 0 Å². The lowest BCUT2D eigenvalue weighted by atomic mass is 10.0. The fourth-order valence-corrected chi connectivity index (χ4v) is 3.62. The average molecular weight is 384 g/mol. The molecule has 2 aromatic rings. The molecule has 2 rings (SSSR count). The van der Waals surface area contributed by atoms with Gasteiger partial charge in [-0.25, -0.2) is 9.97 Å². The van der Waals surface area contributed by atoms with Gasteiger partial charge in [0.25, 0.3) is 0 Å². The Bertz CT molecular complexity index is 639. The molecule has 6 heteroatoms. The van der Waals surface area contributed by atoms with E-state index in [0.29, 0.717) is 11.9 Å². The van der Waals surface area contributed by atoms with Crippen molar-refractivity contribution >= 4 is 49.3 Å². The molecule has 0 aliphatic rings. The van der Waals surface area contributed by atoms with Crippen molar-refractivity contribution in [2.45, 2.75) is 43.4 Å². The van der Waals surface area contributed by atoms with Gasteiger partial charge < -0.3 is 5.32 Å². The summed E-state index contributed by atoms with van der Waals surface area (Å²) in [7, 11) is 1.51. The second-order valence-electron chi connectivity index (χ2n) is 5.24. The first-order valence-corrected chi connectivity index (χ1v) is 9.76. The summed E-state index contributed by atoms with van der Waals surface area (Å²) in [6.45, 7) is 8.27. The van der Waals surface area contributed by atoms with Crippen molar-refractivity contribution in [3.63, 3.8) is 0 Å². The minimum Gasteiger partial charge on any atom is -0.322 e. The Morgan fingerprint density at radius 1 is 1.14 bits per heavy atom. The summed E-state index contributed by atoms with van der Waals surface area (Å²) in [5.74, 6) is 1.06. The van der Waals surface area contributed by atoms with Crippen LogP contribution < -0.4 is 5.32 Å². The lowest BCUT2D eigenvalue weighted by Crippen LogP contribution is -2.02. The smallest absolute Gasteiger partial charge is 0.227 e. The summed E-state index contributed by atoms with van der Waals surface area (Å²) >= 11 is 8.09. The van der Waals surface area contributed by atoms with E-state index in [4.69, 9.17) is 0 Å². The highest BCUT2D eigenvalue weighted by Crippen LogP contribution is 2.39. The Kier molecular flexibility index (Phi) is 5.57. The summed E-state index contributed by atoms with van der Waals surface area (Å²) in [6, 6.07) is 6.20. The van der Waals surface area contributed by atoms with E-state index in [1.165, 1.54) is 15.8 Å². The molecule has 0 radical (unpaired) electrons. The summed E-state index contributed by atoms with van der Waals surface area (Å²) in [5, 5.41) is 3.29. The summed E-state index contributed by atoms with van der Waals surface area (Å²) in [5.41, 5.74) is 4.07. The predicted molar refractivity (Wildman–Crippen MR) is 97.4 cm³/mol. The number of hydrogen-bond donors (Lipinski definition) is 2. The zero-order chi connectivity index (χ0) is 15.6. The average Bonchev–Trinajstić information content (AvgIpc) is 2.39. The summed E-state index contributed by atoms with van der Waals surface area (Å²) in [6.07, 6.45) is 0. The van der Waals surface area contributed by atoms with Gasteiger partial charge in [-0.05, 0) is 68.5 Å². The van der Waals surface area contributed by atoms with E-state index < -0.39 is 0 Å². The van der Waals surface area contributed by atoms with Crippen molar-refractivity contribution in [2.24, 2.45) is 0 Å². The number of halogens is 1. The Hall–Kier alpha value is -0.720. The molecule has 3 nitrogen and oxygen atoms in total. The molecule has 0 amide bonds. The van der Waals surface area contributed by atoms with Gasteiger partial charge in [-0.3, -0.25) is 0 Å². The van der Waals surface area contributed by atoms with Gasteiger partial charge in [0.1, 0.15) is 0 Å². The Labute approximate surface area is 143 Å². The van der Waals surface area contributed by atoms with Crippen LogP contribution in [0.25, 0.3) is 0 Å². The van der Waals surface area contributed by atoms with Crippen molar-refractivity contribution in [1.82, 2.24) is 9.97 Å². The molecule has 0 saturated heterocycles. The van der Waals surface area contributed by atoms with E-state index in [-0.39, 0.29) is 0 Å². The van der Waals surface area contributed by atoms with E-state index in [2.05, 4.69) is 68.7 Å². The van der Waals surface area contributed by atoms with Gasteiger partial charge in [0.2, 0.25) is 5.95 Å². The van der Waals surface area contributed by atoms with Crippen LogP contribution in [0.4, 0.5) is 11.6 Å². The minimum absolute atomic E-state index is 0.459. The zero-order valence-corrected chi connectivity index (χ0v) is 15.7. The molecule has 0 aliphatic heterocycles. The summed E-state index contributed by atoms with van der Waals surface area (Å²) < 4.78 is 0. The molecule has 21 heavy (non-hydrogen) atoms. The highest BCUT2D eigenvalue weighted by Gasteiger charge is 2.12. The van der Waals surface area contributed by atoms with Crippen molar-refractivity contribution in [3.05, 3.63) is 35.2 Å². The molecule has 0 saturated carbocycles. The number of anilines is 2. The molecule has 112 valence electrons. The molecule has 0 unspecified atom stereocenters. The lowest BCUT2D eigenvalue weighted by Gasteiger charge is -2.15. The van der Waals surface area contributed by atoms with Gasteiger partial charge in [-0.15, -0.1) is 12.6 Å². The van der Waals surface area contributed by atoms with Gasteiger partial charge >= 0.3 is 0 Å². The van der Waals surface area contributed by atoms with Gasteiger partial charge in [0, 0.05) is 21.2 Å².